The van der Waals surface area contributed by atoms with E-state index in [-0.39, 0.29) is 5.91 Å². The van der Waals surface area contributed by atoms with E-state index in [0.29, 0.717) is 30.0 Å². The first-order valence-electron chi connectivity index (χ1n) is 8.01. The molecule has 0 aliphatic heterocycles. The summed E-state index contributed by atoms with van der Waals surface area (Å²) in [7, 11) is 0. The molecule has 0 radical (unpaired) electrons. The van der Waals surface area contributed by atoms with Gasteiger partial charge in [-0.05, 0) is 30.7 Å². The Balaban J connectivity index is 1.90. The summed E-state index contributed by atoms with van der Waals surface area (Å²) in [6.45, 7) is 6.47. The van der Waals surface area contributed by atoms with Gasteiger partial charge in [-0.25, -0.2) is 0 Å². The van der Waals surface area contributed by atoms with Gasteiger partial charge in [-0.1, -0.05) is 36.4 Å². The van der Waals surface area contributed by atoms with Crippen molar-refractivity contribution in [1.82, 2.24) is 4.90 Å². The third kappa shape index (κ3) is 3.31. The second-order valence-corrected chi connectivity index (χ2v) is 5.84. The van der Waals surface area contributed by atoms with Crippen LogP contribution in [0.3, 0.4) is 0 Å². The normalized spacial score (nSPS) is 10.4. The number of para-hydroxylation sites is 1. The van der Waals surface area contributed by atoms with Crippen LogP contribution in [-0.4, -0.2) is 17.4 Å². The molecule has 0 aliphatic carbocycles. The number of nitrogens with zero attached hydrogens (tertiary/aromatic N) is 2. The van der Waals surface area contributed by atoms with Gasteiger partial charge in [-0.2, -0.15) is 5.26 Å². The van der Waals surface area contributed by atoms with Crippen molar-refractivity contribution in [2.24, 2.45) is 0 Å². The Bertz CT molecular complexity index is 962. The van der Waals surface area contributed by atoms with Gasteiger partial charge in [0.25, 0.3) is 5.91 Å². The average molecular weight is 330 g/mol. The number of furan rings is 1. The molecule has 3 aromatic rings. The van der Waals surface area contributed by atoms with Gasteiger partial charge in [-0.3, -0.25) is 4.79 Å². The molecule has 0 saturated carbocycles. The van der Waals surface area contributed by atoms with Crippen molar-refractivity contribution < 1.29 is 9.21 Å². The second-order valence-electron chi connectivity index (χ2n) is 5.84. The van der Waals surface area contributed by atoms with E-state index in [2.05, 4.69) is 12.6 Å². The van der Waals surface area contributed by atoms with Gasteiger partial charge < -0.3 is 9.32 Å². The van der Waals surface area contributed by atoms with E-state index in [1.807, 2.05) is 43.3 Å². The Morgan fingerprint density at radius 3 is 2.60 bits per heavy atom. The number of rotatable bonds is 5. The molecule has 0 N–H and O–H groups in total. The van der Waals surface area contributed by atoms with Crippen LogP contribution in [0.1, 0.15) is 27.2 Å². The van der Waals surface area contributed by atoms with Crippen molar-refractivity contribution in [2.45, 2.75) is 13.5 Å². The molecule has 4 nitrogen and oxygen atoms in total. The number of benzene rings is 2. The van der Waals surface area contributed by atoms with Crippen molar-refractivity contribution >= 4 is 16.9 Å². The lowest BCUT2D eigenvalue weighted by atomic mass is 10.1. The zero-order chi connectivity index (χ0) is 17.8. The van der Waals surface area contributed by atoms with Crippen molar-refractivity contribution in [2.75, 3.05) is 6.54 Å². The summed E-state index contributed by atoms with van der Waals surface area (Å²) in [4.78, 5) is 14.7. The number of carbonyl (C=O) groups is 1. The molecule has 4 heteroatoms. The smallest absolute Gasteiger partial charge is 0.290 e. The van der Waals surface area contributed by atoms with E-state index in [9.17, 15) is 4.79 Å². The average Bonchev–Trinajstić information content (AvgIpc) is 2.98. The van der Waals surface area contributed by atoms with Crippen molar-refractivity contribution in [1.29, 1.82) is 5.26 Å². The second kappa shape index (κ2) is 7.06. The van der Waals surface area contributed by atoms with Gasteiger partial charge in [0.1, 0.15) is 5.58 Å². The zero-order valence-corrected chi connectivity index (χ0v) is 14.0. The maximum absolute atomic E-state index is 13.0. The minimum atomic E-state index is -0.169. The van der Waals surface area contributed by atoms with E-state index in [4.69, 9.17) is 9.68 Å². The molecular weight excluding hydrogens is 312 g/mol. The Labute approximate surface area is 146 Å². The van der Waals surface area contributed by atoms with Gasteiger partial charge in [0.05, 0.1) is 11.6 Å². The zero-order valence-electron chi connectivity index (χ0n) is 14.0. The van der Waals surface area contributed by atoms with E-state index in [1.165, 1.54) is 0 Å². The summed E-state index contributed by atoms with van der Waals surface area (Å²) in [6, 6.07) is 16.9. The molecule has 0 spiro atoms. The highest BCUT2D eigenvalue weighted by Crippen LogP contribution is 2.26. The lowest BCUT2D eigenvalue weighted by molar-refractivity contribution is 0.0732. The monoisotopic (exact) mass is 330 g/mol. The summed E-state index contributed by atoms with van der Waals surface area (Å²) >= 11 is 0. The van der Waals surface area contributed by atoms with Crippen LogP contribution < -0.4 is 0 Å². The molecule has 0 unspecified atom stereocenters. The predicted molar refractivity (Wildman–Crippen MR) is 97.0 cm³/mol. The van der Waals surface area contributed by atoms with Crippen LogP contribution in [-0.2, 0) is 6.54 Å². The summed E-state index contributed by atoms with van der Waals surface area (Å²) in [5.74, 6) is 0.189. The maximum atomic E-state index is 13.0. The molecule has 1 amide bonds. The summed E-state index contributed by atoms with van der Waals surface area (Å²) in [5, 5.41) is 9.84. The first-order chi connectivity index (χ1) is 12.1. The Kier molecular flexibility index (Phi) is 4.67. The van der Waals surface area contributed by atoms with E-state index in [0.717, 1.165) is 16.5 Å². The van der Waals surface area contributed by atoms with E-state index >= 15 is 0 Å². The first kappa shape index (κ1) is 16.5. The molecule has 0 fully saturated rings. The van der Waals surface area contributed by atoms with Crippen LogP contribution in [0, 0.1) is 18.3 Å². The predicted octanol–water partition coefficient (Wildman–Crippen LogP) is 4.44. The lowest BCUT2D eigenvalue weighted by Crippen LogP contribution is -2.30. The van der Waals surface area contributed by atoms with Gasteiger partial charge in [0, 0.05) is 24.0 Å². The fourth-order valence-electron chi connectivity index (χ4n) is 2.80. The summed E-state index contributed by atoms with van der Waals surface area (Å²) in [6.07, 6.45) is 1.69. The molecular formula is C21H18N2O2. The minimum Gasteiger partial charge on any atom is -0.451 e. The standard InChI is InChI=1S/C21H18N2O2/c1-3-12-23(14-17-10-8-16(13-22)9-11-17)21(24)20-15(2)18-6-4-5-7-19(18)25-20/h3-11H,1,12,14H2,2H3. The van der Waals surface area contributed by atoms with E-state index in [1.54, 1.807) is 23.1 Å². The quantitative estimate of drug-likeness (QED) is 0.650. The molecule has 0 aliphatic rings. The molecule has 3 rings (SSSR count). The summed E-state index contributed by atoms with van der Waals surface area (Å²) < 4.78 is 5.79. The first-order valence-corrected chi connectivity index (χ1v) is 8.01. The highest BCUT2D eigenvalue weighted by molar-refractivity contribution is 5.98. The van der Waals surface area contributed by atoms with Crippen LogP contribution in [0.4, 0.5) is 0 Å². The van der Waals surface area contributed by atoms with Crippen LogP contribution in [0.2, 0.25) is 0 Å². The fourth-order valence-corrected chi connectivity index (χ4v) is 2.80. The Hall–Kier alpha value is -3.32. The highest BCUT2D eigenvalue weighted by atomic mass is 16.3. The molecule has 0 bridgehead atoms. The molecule has 0 atom stereocenters. The van der Waals surface area contributed by atoms with Crippen molar-refractivity contribution in [3.63, 3.8) is 0 Å². The highest BCUT2D eigenvalue weighted by Gasteiger charge is 2.22. The molecule has 124 valence electrons. The van der Waals surface area contributed by atoms with Crippen LogP contribution in [0.25, 0.3) is 11.0 Å². The molecule has 1 aromatic heterocycles. The number of hydrogen-bond acceptors (Lipinski definition) is 3. The number of carbonyl (C=O) groups excluding carboxylic acids is 1. The molecule has 1 heterocycles. The largest absolute Gasteiger partial charge is 0.451 e. The number of nitriles is 1. The van der Waals surface area contributed by atoms with Gasteiger partial charge in [-0.15, -0.1) is 6.58 Å². The van der Waals surface area contributed by atoms with Gasteiger partial charge in [0.15, 0.2) is 5.76 Å². The SMILES string of the molecule is C=CCN(Cc1ccc(C#N)cc1)C(=O)c1oc2ccccc2c1C. The van der Waals surface area contributed by atoms with Crippen molar-refractivity contribution in [3.05, 3.63) is 83.6 Å². The van der Waals surface area contributed by atoms with E-state index < -0.39 is 0 Å². The van der Waals surface area contributed by atoms with Crippen LogP contribution in [0.15, 0.2) is 65.6 Å². The number of aryl methyl sites for hydroxylation is 1. The molecule has 2 aromatic carbocycles. The molecule has 25 heavy (non-hydrogen) atoms. The van der Waals surface area contributed by atoms with Crippen molar-refractivity contribution in [3.8, 4) is 6.07 Å². The number of fused-ring (bicyclic) bond motifs is 1. The summed E-state index contributed by atoms with van der Waals surface area (Å²) in [5.41, 5.74) is 3.09. The third-order valence-electron chi connectivity index (χ3n) is 4.13. The molecule has 0 saturated heterocycles. The van der Waals surface area contributed by atoms with Crippen LogP contribution >= 0.6 is 0 Å². The third-order valence-corrected chi connectivity index (χ3v) is 4.13. The Morgan fingerprint density at radius 2 is 1.96 bits per heavy atom. The minimum absolute atomic E-state index is 0.169. The van der Waals surface area contributed by atoms with Gasteiger partial charge in [0.2, 0.25) is 0 Å². The Morgan fingerprint density at radius 1 is 1.24 bits per heavy atom. The number of hydrogen-bond donors (Lipinski definition) is 0. The topological polar surface area (TPSA) is 57.2 Å². The maximum Gasteiger partial charge on any atom is 0.290 e. The van der Waals surface area contributed by atoms with Gasteiger partial charge >= 0.3 is 0 Å². The number of amides is 1. The fraction of sp³-hybridized carbons (Fsp3) is 0.143. The van der Waals surface area contributed by atoms with Crippen LogP contribution in [0.5, 0.6) is 0 Å². The lowest BCUT2D eigenvalue weighted by Gasteiger charge is -2.20.